The molecule has 122 valence electrons. The standard InChI is InChI=1S/C18H17N3O3/c22-18(11-14-12-21-7-2-1-4-17(21)19-14)20-13-5-6-15-16(10-13)24-9-3-8-23-15/h1-2,4-7,10,12H,3,8-9,11H2,(H,20,22). The molecule has 0 saturated carbocycles. The Balaban J connectivity index is 1.46. The second-order valence-corrected chi connectivity index (χ2v) is 5.64. The van der Waals surface area contributed by atoms with Crippen LogP contribution in [0.2, 0.25) is 0 Å². The summed E-state index contributed by atoms with van der Waals surface area (Å²) in [6.45, 7) is 1.26. The van der Waals surface area contributed by atoms with Crippen molar-refractivity contribution >= 4 is 17.2 Å². The van der Waals surface area contributed by atoms with Gasteiger partial charge in [-0.05, 0) is 24.3 Å². The van der Waals surface area contributed by atoms with E-state index in [1.807, 2.05) is 47.1 Å². The second kappa shape index (κ2) is 6.23. The van der Waals surface area contributed by atoms with Crippen molar-refractivity contribution in [3.8, 4) is 11.5 Å². The third kappa shape index (κ3) is 3.03. The van der Waals surface area contributed by atoms with Gasteiger partial charge in [-0.3, -0.25) is 4.79 Å². The molecule has 1 aromatic carbocycles. The van der Waals surface area contributed by atoms with Gasteiger partial charge in [0.2, 0.25) is 5.91 Å². The van der Waals surface area contributed by atoms with Crippen LogP contribution in [0.4, 0.5) is 5.69 Å². The zero-order valence-corrected chi connectivity index (χ0v) is 13.1. The molecule has 0 fully saturated rings. The Kier molecular flexibility index (Phi) is 3.78. The molecule has 1 aliphatic rings. The highest BCUT2D eigenvalue weighted by Crippen LogP contribution is 2.32. The number of anilines is 1. The first kappa shape index (κ1) is 14.6. The highest BCUT2D eigenvalue weighted by atomic mass is 16.5. The number of ether oxygens (including phenoxy) is 2. The van der Waals surface area contributed by atoms with Crippen molar-refractivity contribution in [1.29, 1.82) is 0 Å². The summed E-state index contributed by atoms with van der Waals surface area (Å²) in [5.41, 5.74) is 2.25. The van der Waals surface area contributed by atoms with Crippen molar-refractivity contribution in [2.24, 2.45) is 0 Å². The van der Waals surface area contributed by atoms with Crippen LogP contribution in [0.3, 0.4) is 0 Å². The van der Waals surface area contributed by atoms with E-state index in [1.54, 1.807) is 6.07 Å². The topological polar surface area (TPSA) is 64.9 Å². The number of aromatic nitrogens is 2. The molecule has 24 heavy (non-hydrogen) atoms. The van der Waals surface area contributed by atoms with Gasteiger partial charge in [-0.1, -0.05) is 6.07 Å². The van der Waals surface area contributed by atoms with E-state index in [1.165, 1.54) is 0 Å². The number of rotatable bonds is 3. The van der Waals surface area contributed by atoms with Gasteiger partial charge in [-0.2, -0.15) is 0 Å². The number of nitrogens with zero attached hydrogens (tertiary/aromatic N) is 2. The van der Waals surface area contributed by atoms with Crippen LogP contribution in [0.25, 0.3) is 5.65 Å². The SMILES string of the molecule is O=C(Cc1cn2ccccc2n1)Nc1ccc2c(c1)OCCCO2. The zero-order valence-electron chi connectivity index (χ0n) is 13.1. The third-order valence-corrected chi connectivity index (χ3v) is 3.79. The maximum absolute atomic E-state index is 12.3. The molecule has 6 nitrogen and oxygen atoms in total. The molecule has 1 aliphatic heterocycles. The second-order valence-electron chi connectivity index (χ2n) is 5.64. The molecule has 0 aliphatic carbocycles. The van der Waals surface area contributed by atoms with Gasteiger partial charge in [0.05, 0.1) is 25.3 Å². The van der Waals surface area contributed by atoms with Gasteiger partial charge in [0.25, 0.3) is 0 Å². The number of amides is 1. The van der Waals surface area contributed by atoms with Gasteiger partial charge in [-0.25, -0.2) is 4.98 Å². The Morgan fingerprint density at radius 2 is 2.04 bits per heavy atom. The fraction of sp³-hybridized carbons (Fsp3) is 0.222. The average molecular weight is 323 g/mol. The Morgan fingerprint density at radius 1 is 1.17 bits per heavy atom. The van der Waals surface area contributed by atoms with Crippen LogP contribution >= 0.6 is 0 Å². The smallest absolute Gasteiger partial charge is 0.230 e. The highest BCUT2D eigenvalue weighted by molar-refractivity contribution is 5.92. The predicted molar refractivity (Wildman–Crippen MR) is 89.6 cm³/mol. The van der Waals surface area contributed by atoms with E-state index in [9.17, 15) is 4.79 Å². The van der Waals surface area contributed by atoms with Gasteiger partial charge < -0.3 is 19.2 Å². The van der Waals surface area contributed by atoms with Crippen LogP contribution in [0, 0.1) is 0 Å². The van der Waals surface area contributed by atoms with E-state index in [0.29, 0.717) is 30.4 Å². The summed E-state index contributed by atoms with van der Waals surface area (Å²) in [5.74, 6) is 1.26. The lowest BCUT2D eigenvalue weighted by atomic mass is 10.2. The average Bonchev–Trinajstić information content (AvgIpc) is 2.83. The largest absolute Gasteiger partial charge is 0.490 e. The molecular formula is C18H17N3O3. The predicted octanol–water partition coefficient (Wildman–Crippen LogP) is 2.68. The molecule has 1 amide bonds. The van der Waals surface area contributed by atoms with Crippen LogP contribution in [-0.4, -0.2) is 28.5 Å². The number of carbonyl (C=O) groups is 1. The molecule has 1 N–H and O–H groups in total. The van der Waals surface area contributed by atoms with E-state index < -0.39 is 0 Å². The Bertz CT molecular complexity index is 855. The molecule has 0 atom stereocenters. The Labute approximate surface area is 139 Å². The lowest BCUT2D eigenvalue weighted by Crippen LogP contribution is -2.14. The number of carbonyl (C=O) groups excluding carboxylic acids is 1. The van der Waals surface area contributed by atoms with E-state index in [4.69, 9.17) is 9.47 Å². The Morgan fingerprint density at radius 3 is 2.92 bits per heavy atom. The number of fused-ring (bicyclic) bond motifs is 2. The molecule has 0 bridgehead atoms. The van der Waals surface area contributed by atoms with Crippen molar-refractivity contribution in [2.45, 2.75) is 12.8 Å². The zero-order chi connectivity index (χ0) is 16.4. The van der Waals surface area contributed by atoms with Crippen molar-refractivity contribution in [2.75, 3.05) is 18.5 Å². The van der Waals surface area contributed by atoms with Crippen LogP contribution in [0.1, 0.15) is 12.1 Å². The fourth-order valence-electron chi connectivity index (χ4n) is 2.68. The molecule has 2 aromatic heterocycles. The van der Waals surface area contributed by atoms with E-state index in [2.05, 4.69) is 10.3 Å². The van der Waals surface area contributed by atoms with Crippen molar-refractivity contribution in [1.82, 2.24) is 9.38 Å². The lowest BCUT2D eigenvalue weighted by molar-refractivity contribution is -0.115. The fourth-order valence-corrected chi connectivity index (χ4v) is 2.68. The lowest BCUT2D eigenvalue weighted by Gasteiger charge is -2.10. The van der Waals surface area contributed by atoms with Gasteiger partial charge in [0, 0.05) is 30.6 Å². The minimum absolute atomic E-state index is 0.118. The number of pyridine rings is 1. The van der Waals surface area contributed by atoms with Crippen LogP contribution in [0.15, 0.2) is 48.8 Å². The number of hydrogen-bond acceptors (Lipinski definition) is 4. The number of hydrogen-bond donors (Lipinski definition) is 1. The van der Waals surface area contributed by atoms with Crippen molar-refractivity contribution < 1.29 is 14.3 Å². The van der Waals surface area contributed by atoms with E-state index in [-0.39, 0.29) is 12.3 Å². The van der Waals surface area contributed by atoms with E-state index in [0.717, 1.165) is 17.8 Å². The number of benzene rings is 1. The number of imidazole rings is 1. The molecule has 0 saturated heterocycles. The van der Waals surface area contributed by atoms with Crippen molar-refractivity contribution in [3.63, 3.8) is 0 Å². The quantitative estimate of drug-likeness (QED) is 0.805. The molecular weight excluding hydrogens is 306 g/mol. The van der Waals surface area contributed by atoms with Crippen LogP contribution < -0.4 is 14.8 Å². The first-order valence-corrected chi connectivity index (χ1v) is 7.90. The molecule has 4 rings (SSSR count). The molecule has 3 heterocycles. The first-order chi connectivity index (χ1) is 11.8. The monoisotopic (exact) mass is 323 g/mol. The summed E-state index contributed by atoms with van der Waals surface area (Å²) in [7, 11) is 0. The normalized spacial score (nSPS) is 13.5. The van der Waals surface area contributed by atoms with Crippen molar-refractivity contribution in [3.05, 3.63) is 54.5 Å². The van der Waals surface area contributed by atoms with Gasteiger partial charge in [0.15, 0.2) is 11.5 Å². The highest BCUT2D eigenvalue weighted by Gasteiger charge is 2.13. The molecule has 0 radical (unpaired) electrons. The summed E-state index contributed by atoms with van der Waals surface area (Å²) < 4.78 is 13.1. The molecule has 6 heteroatoms. The minimum atomic E-state index is -0.118. The summed E-state index contributed by atoms with van der Waals surface area (Å²) in [6, 6.07) is 11.2. The Hall–Kier alpha value is -3.02. The number of nitrogens with one attached hydrogen (secondary N) is 1. The molecule has 0 unspecified atom stereocenters. The third-order valence-electron chi connectivity index (χ3n) is 3.79. The van der Waals surface area contributed by atoms with Gasteiger partial charge in [-0.15, -0.1) is 0 Å². The van der Waals surface area contributed by atoms with Crippen LogP contribution in [-0.2, 0) is 11.2 Å². The minimum Gasteiger partial charge on any atom is -0.490 e. The van der Waals surface area contributed by atoms with Crippen LogP contribution in [0.5, 0.6) is 11.5 Å². The molecule has 3 aromatic rings. The summed E-state index contributed by atoms with van der Waals surface area (Å²) in [6.07, 6.45) is 4.84. The summed E-state index contributed by atoms with van der Waals surface area (Å²) in [5, 5.41) is 2.88. The summed E-state index contributed by atoms with van der Waals surface area (Å²) >= 11 is 0. The molecule has 0 spiro atoms. The van der Waals surface area contributed by atoms with Gasteiger partial charge >= 0.3 is 0 Å². The van der Waals surface area contributed by atoms with E-state index >= 15 is 0 Å². The van der Waals surface area contributed by atoms with Gasteiger partial charge in [0.1, 0.15) is 5.65 Å². The first-order valence-electron chi connectivity index (χ1n) is 7.90. The maximum Gasteiger partial charge on any atom is 0.230 e. The maximum atomic E-state index is 12.3. The summed E-state index contributed by atoms with van der Waals surface area (Å²) in [4.78, 5) is 16.7.